The molecule has 1 aliphatic carbocycles. The maximum absolute atomic E-state index is 12.6. The van der Waals surface area contributed by atoms with Crippen LogP contribution in [0.2, 0.25) is 5.02 Å². The number of non-ortho nitro benzene ring substituents is 1. The average Bonchev–Trinajstić information content (AvgIpc) is 2.98. The molecule has 2 aromatic heterocycles. The number of benzene rings is 1. The molecule has 0 spiro atoms. The number of halogens is 1. The lowest BCUT2D eigenvalue weighted by Crippen LogP contribution is -2.15. The quantitative estimate of drug-likeness (QED) is 0.516. The highest BCUT2D eigenvalue weighted by atomic mass is 35.5. The van der Waals surface area contributed by atoms with Gasteiger partial charge in [-0.15, -0.1) is 11.3 Å². The first-order chi connectivity index (χ1) is 12.9. The predicted molar refractivity (Wildman–Crippen MR) is 104 cm³/mol. The molecule has 0 radical (unpaired) electrons. The zero-order chi connectivity index (χ0) is 19.1. The number of nitrogens with zero attached hydrogens (tertiary/aromatic N) is 2. The minimum absolute atomic E-state index is 0.0156. The van der Waals surface area contributed by atoms with E-state index in [-0.39, 0.29) is 22.9 Å². The SMILES string of the molecule is C[C@H]1CCc2c(sc3nc(COc4ccc([N+](=O)[O-])cc4Cl)[nH]c(=O)c23)C1. The molecule has 0 saturated heterocycles. The Labute approximate surface area is 163 Å². The van der Waals surface area contributed by atoms with Gasteiger partial charge in [0, 0.05) is 17.0 Å². The van der Waals surface area contributed by atoms with Crippen LogP contribution in [0.25, 0.3) is 10.2 Å². The summed E-state index contributed by atoms with van der Waals surface area (Å²) >= 11 is 7.60. The van der Waals surface area contributed by atoms with Crippen molar-refractivity contribution in [3.05, 3.63) is 60.0 Å². The highest BCUT2D eigenvalue weighted by Gasteiger charge is 2.23. The van der Waals surface area contributed by atoms with Gasteiger partial charge in [-0.25, -0.2) is 4.98 Å². The fraction of sp³-hybridized carbons (Fsp3) is 0.333. The second-order valence-electron chi connectivity index (χ2n) is 6.71. The Morgan fingerprint density at radius 2 is 2.30 bits per heavy atom. The normalized spacial score (nSPS) is 16.3. The minimum Gasteiger partial charge on any atom is -0.484 e. The van der Waals surface area contributed by atoms with E-state index >= 15 is 0 Å². The van der Waals surface area contributed by atoms with E-state index in [0.717, 1.165) is 29.7 Å². The third-order valence-corrected chi connectivity index (χ3v) is 6.15. The molecule has 7 nitrogen and oxygen atoms in total. The molecule has 140 valence electrons. The van der Waals surface area contributed by atoms with Crippen LogP contribution in [0.4, 0.5) is 5.69 Å². The number of H-pyrrole nitrogens is 1. The minimum atomic E-state index is -0.526. The summed E-state index contributed by atoms with van der Waals surface area (Å²) in [6.07, 6.45) is 2.98. The summed E-state index contributed by atoms with van der Waals surface area (Å²) in [6, 6.07) is 3.97. The van der Waals surface area contributed by atoms with Gasteiger partial charge in [0.05, 0.1) is 15.3 Å². The van der Waals surface area contributed by atoms with Crippen LogP contribution in [0.1, 0.15) is 29.6 Å². The van der Waals surface area contributed by atoms with Crippen molar-refractivity contribution in [3.63, 3.8) is 0 Å². The summed E-state index contributed by atoms with van der Waals surface area (Å²) < 4.78 is 5.60. The maximum Gasteiger partial charge on any atom is 0.271 e. The van der Waals surface area contributed by atoms with E-state index in [1.54, 1.807) is 11.3 Å². The number of aryl methyl sites for hydroxylation is 1. The molecular weight excluding hydrogens is 390 g/mol. The first-order valence-corrected chi connectivity index (χ1v) is 9.72. The summed E-state index contributed by atoms with van der Waals surface area (Å²) in [5.74, 6) is 1.31. The van der Waals surface area contributed by atoms with Crippen LogP contribution >= 0.6 is 22.9 Å². The van der Waals surface area contributed by atoms with Crippen molar-refractivity contribution in [2.24, 2.45) is 5.92 Å². The van der Waals surface area contributed by atoms with E-state index in [4.69, 9.17) is 16.3 Å². The number of ether oxygens (including phenoxy) is 1. The Bertz CT molecular complexity index is 1110. The molecule has 1 aromatic carbocycles. The van der Waals surface area contributed by atoms with Gasteiger partial charge in [0.1, 0.15) is 23.0 Å². The number of aromatic amines is 1. The van der Waals surface area contributed by atoms with Gasteiger partial charge in [-0.1, -0.05) is 18.5 Å². The molecule has 4 rings (SSSR count). The fourth-order valence-corrected chi connectivity index (χ4v) is 4.96. The van der Waals surface area contributed by atoms with Gasteiger partial charge >= 0.3 is 0 Å². The number of hydrogen-bond donors (Lipinski definition) is 1. The molecule has 27 heavy (non-hydrogen) atoms. The van der Waals surface area contributed by atoms with Crippen molar-refractivity contribution < 1.29 is 9.66 Å². The monoisotopic (exact) mass is 405 g/mol. The Morgan fingerprint density at radius 3 is 3.04 bits per heavy atom. The van der Waals surface area contributed by atoms with Crippen molar-refractivity contribution in [1.82, 2.24) is 9.97 Å². The van der Waals surface area contributed by atoms with E-state index in [1.165, 1.54) is 23.1 Å². The predicted octanol–water partition coefficient (Wildman–Crippen LogP) is 4.25. The van der Waals surface area contributed by atoms with Crippen LogP contribution in [0.3, 0.4) is 0 Å². The highest BCUT2D eigenvalue weighted by molar-refractivity contribution is 7.18. The molecule has 2 heterocycles. The van der Waals surface area contributed by atoms with Crippen LogP contribution in [-0.4, -0.2) is 14.9 Å². The van der Waals surface area contributed by atoms with Crippen molar-refractivity contribution in [3.8, 4) is 5.75 Å². The average molecular weight is 406 g/mol. The van der Waals surface area contributed by atoms with Crippen LogP contribution < -0.4 is 10.3 Å². The molecular formula is C18H16ClN3O4S. The fourth-order valence-electron chi connectivity index (χ4n) is 3.33. The topological polar surface area (TPSA) is 98.1 Å². The zero-order valence-electron chi connectivity index (χ0n) is 14.5. The first-order valence-electron chi connectivity index (χ1n) is 8.52. The van der Waals surface area contributed by atoms with Crippen LogP contribution in [0, 0.1) is 16.0 Å². The highest BCUT2D eigenvalue weighted by Crippen LogP contribution is 2.35. The van der Waals surface area contributed by atoms with Crippen molar-refractivity contribution in [1.29, 1.82) is 0 Å². The van der Waals surface area contributed by atoms with E-state index in [0.29, 0.717) is 22.9 Å². The molecule has 0 saturated carbocycles. The first kappa shape index (κ1) is 17.9. The Balaban J connectivity index is 1.60. The second-order valence-corrected chi connectivity index (χ2v) is 8.20. The van der Waals surface area contributed by atoms with Crippen LogP contribution in [-0.2, 0) is 19.4 Å². The summed E-state index contributed by atoms with van der Waals surface area (Å²) in [6.45, 7) is 2.24. The molecule has 1 aliphatic rings. The molecule has 1 atom stereocenters. The van der Waals surface area contributed by atoms with Gasteiger partial charge in [-0.3, -0.25) is 14.9 Å². The third-order valence-electron chi connectivity index (χ3n) is 4.71. The number of hydrogen-bond acceptors (Lipinski definition) is 6. The molecule has 0 amide bonds. The van der Waals surface area contributed by atoms with E-state index in [9.17, 15) is 14.9 Å². The molecule has 1 N–H and O–H groups in total. The number of thiophene rings is 1. The van der Waals surface area contributed by atoms with E-state index in [2.05, 4.69) is 16.9 Å². The van der Waals surface area contributed by atoms with Gasteiger partial charge in [0.2, 0.25) is 0 Å². The van der Waals surface area contributed by atoms with Gasteiger partial charge < -0.3 is 9.72 Å². The van der Waals surface area contributed by atoms with Crippen molar-refractivity contribution in [2.45, 2.75) is 32.8 Å². The van der Waals surface area contributed by atoms with Gasteiger partial charge in [-0.05, 0) is 36.8 Å². The Morgan fingerprint density at radius 1 is 1.48 bits per heavy atom. The number of aromatic nitrogens is 2. The summed E-state index contributed by atoms with van der Waals surface area (Å²) in [5, 5.41) is 11.6. The van der Waals surface area contributed by atoms with Gasteiger partial charge in [0.25, 0.3) is 11.2 Å². The van der Waals surface area contributed by atoms with Crippen LogP contribution in [0.15, 0.2) is 23.0 Å². The van der Waals surface area contributed by atoms with Gasteiger partial charge in [-0.2, -0.15) is 0 Å². The van der Waals surface area contributed by atoms with Crippen molar-refractivity contribution >= 4 is 38.8 Å². The lowest BCUT2D eigenvalue weighted by atomic mass is 9.89. The number of fused-ring (bicyclic) bond motifs is 3. The summed E-state index contributed by atoms with van der Waals surface area (Å²) in [5.41, 5.74) is 0.867. The molecule has 0 unspecified atom stereocenters. The number of nitro benzene ring substituents is 1. The summed E-state index contributed by atoms with van der Waals surface area (Å²) in [7, 11) is 0. The number of nitro groups is 1. The molecule has 0 fully saturated rings. The smallest absolute Gasteiger partial charge is 0.271 e. The standard InChI is InChI=1S/C18H16ClN3O4S/c1-9-2-4-11-14(6-9)27-18-16(11)17(23)20-15(21-18)8-26-13-5-3-10(22(24)25)7-12(13)19/h3,5,7,9H,2,4,6,8H2,1H3,(H,20,21,23)/t9-/m0/s1. The molecule has 0 aliphatic heterocycles. The van der Waals surface area contributed by atoms with Crippen LogP contribution in [0.5, 0.6) is 5.75 Å². The molecule has 0 bridgehead atoms. The lowest BCUT2D eigenvalue weighted by molar-refractivity contribution is -0.384. The van der Waals surface area contributed by atoms with E-state index < -0.39 is 4.92 Å². The van der Waals surface area contributed by atoms with E-state index in [1.807, 2.05) is 0 Å². The zero-order valence-corrected chi connectivity index (χ0v) is 16.0. The number of rotatable bonds is 4. The lowest BCUT2D eigenvalue weighted by Gasteiger charge is -2.17. The Kier molecular flexibility index (Phi) is 4.61. The van der Waals surface area contributed by atoms with Gasteiger partial charge in [0.15, 0.2) is 0 Å². The number of nitrogens with one attached hydrogen (secondary N) is 1. The Hall–Kier alpha value is -2.45. The maximum atomic E-state index is 12.6. The summed E-state index contributed by atoms with van der Waals surface area (Å²) in [4.78, 5) is 32.1. The second kappa shape index (κ2) is 6.94. The van der Waals surface area contributed by atoms with Crippen molar-refractivity contribution in [2.75, 3.05) is 0 Å². The molecule has 3 aromatic rings. The third kappa shape index (κ3) is 3.42. The largest absolute Gasteiger partial charge is 0.484 e. The molecule has 9 heteroatoms.